The molecule has 2 N–H and O–H groups in total. The zero-order chi connectivity index (χ0) is 19.8. The summed E-state index contributed by atoms with van der Waals surface area (Å²) < 4.78 is 11.4. The average molecular weight is 392 g/mol. The SMILES string of the molecule is Cc1ncc(-c2ccc3cnc(NC(=O)C4CC(C5CNCCO5)C4)cc3c2)o1. The quantitative estimate of drug-likeness (QED) is 0.709. The van der Waals surface area contributed by atoms with Gasteiger partial charge in [-0.1, -0.05) is 12.1 Å². The molecule has 3 heterocycles. The van der Waals surface area contributed by atoms with Gasteiger partial charge in [0.05, 0.1) is 18.9 Å². The van der Waals surface area contributed by atoms with Crippen LogP contribution in [-0.2, 0) is 9.53 Å². The van der Waals surface area contributed by atoms with Crippen molar-refractivity contribution in [2.45, 2.75) is 25.9 Å². The maximum absolute atomic E-state index is 12.6. The van der Waals surface area contributed by atoms with Gasteiger partial charge in [-0.2, -0.15) is 0 Å². The number of pyridine rings is 1. The molecular formula is C22H24N4O3. The molecule has 1 amide bonds. The highest BCUT2D eigenvalue weighted by atomic mass is 16.5. The van der Waals surface area contributed by atoms with E-state index in [0.29, 0.717) is 17.6 Å². The molecule has 1 aromatic carbocycles. The molecule has 0 bridgehead atoms. The third kappa shape index (κ3) is 3.75. The van der Waals surface area contributed by atoms with Gasteiger partial charge in [-0.15, -0.1) is 0 Å². The first-order valence-electron chi connectivity index (χ1n) is 10.1. The third-order valence-corrected chi connectivity index (χ3v) is 5.91. The van der Waals surface area contributed by atoms with E-state index in [9.17, 15) is 4.79 Å². The number of hydrogen-bond donors (Lipinski definition) is 2. The summed E-state index contributed by atoms with van der Waals surface area (Å²) in [5, 5.41) is 8.34. The van der Waals surface area contributed by atoms with Crippen LogP contribution < -0.4 is 10.6 Å². The fraction of sp³-hybridized carbons (Fsp3) is 0.409. The lowest BCUT2D eigenvalue weighted by Gasteiger charge is -2.40. The summed E-state index contributed by atoms with van der Waals surface area (Å²) in [4.78, 5) is 21.2. The molecule has 3 aromatic rings. The average Bonchev–Trinajstić information content (AvgIpc) is 3.13. The van der Waals surface area contributed by atoms with Crippen molar-refractivity contribution >= 4 is 22.5 Å². The van der Waals surface area contributed by atoms with Crippen LogP contribution >= 0.6 is 0 Å². The molecule has 29 heavy (non-hydrogen) atoms. The molecule has 1 aliphatic carbocycles. The minimum Gasteiger partial charge on any atom is -0.441 e. The third-order valence-electron chi connectivity index (χ3n) is 5.91. The van der Waals surface area contributed by atoms with Gasteiger partial charge in [0.1, 0.15) is 5.82 Å². The van der Waals surface area contributed by atoms with E-state index in [1.165, 1.54) is 0 Å². The Kier molecular flexibility index (Phi) is 4.77. The van der Waals surface area contributed by atoms with Gasteiger partial charge in [0, 0.05) is 43.1 Å². The number of oxazole rings is 1. The second-order valence-corrected chi connectivity index (χ2v) is 7.91. The highest BCUT2D eigenvalue weighted by Crippen LogP contribution is 2.38. The molecule has 0 radical (unpaired) electrons. The Labute approximate surface area is 168 Å². The number of nitrogens with zero attached hydrogens (tertiary/aromatic N) is 2. The number of morpholine rings is 1. The Morgan fingerprint density at radius 3 is 2.83 bits per heavy atom. The molecule has 150 valence electrons. The van der Waals surface area contributed by atoms with E-state index < -0.39 is 0 Å². The molecule has 5 rings (SSSR count). The number of hydrogen-bond acceptors (Lipinski definition) is 6. The zero-order valence-electron chi connectivity index (χ0n) is 16.4. The number of aromatic nitrogens is 2. The van der Waals surface area contributed by atoms with Crippen molar-refractivity contribution in [1.29, 1.82) is 0 Å². The number of benzene rings is 1. The fourth-order valence-corrected chi connectivity index (χ4v) is 4.15. The van der Waals surface area contributed by atoms with Crippen LogP contribution in [0.25, 0.3) is 22.1 Å². The van der Waals surface area contributed by atoms with Crippen LogP contribution in [0.4, 0.5) is 5.82 Å². The Hall–Kier alpha value is -2.77. The summed E-state index contributed by atoms with van der Waals surface area (Å²) in [5.41, 5.74) is 0.949. The molecule has 2 fully saturated rings. The molecule has 7 nitrogen and oxygen atoms in total. The summed E-state index contributed by atoms with van der Waals surface area (Å²) >= 11 is 0. The number of amides is 1. The van der Waals surface area contributed by atoms with E-state index in [1.54, 1.807) is 12.4 Å². The van der Waals surface area contributed by atoms with Gasteiger partial charge in [0.2, 0.25) is 5.91 Å². The van der Waals surface area contributed by atoms with E-state index >= 15 is 0 Å². The van der Waals surface area contributed by atoms with Crippen molar-refractivity contribution in [3.8, 4) is 11.3 Å². The largest absolute Gasteiger partial charge is 0.441 e. The standard InChI is InChI=1S/C22H24N4O3/c1-13-24-12-20(29-13)14-2-3-15-10-25-21(9-16(15)6-14)26-22(27)18-7-17(8-18)19-11-23-4-5-28-19/h2-3,6,9-10,12,17-19,23H,4-5,7-8,11H2,1H3,(H,25,26,27). The van der Waals surface area contributed by atoms with Crippen molar-refractivity contribution in [2.24, 2.45) is 11.8 Å². The van der Waals surface area contributed by atoms with E-state index in [4.69, 9.17) is 9.15 Å². The van der Waals surface area contributed by atoms with Gasteiger partial charge < -0.3 is 19.8 Å². The van der Waals surface area contributed by atoms with Crippen LogP contribution in [-0.4, -0.2) is 41.7 Å². The first-order valence-corrected chi connectivity index (χ1v) is 10.1. The number of nitrogens with one attached hydrogen (secondary N) is 2. The Bertz CT molecular complexity index is 1040. The monoisotopic (exact) mass is 392 g/mol. The highest BCUT2D eigenvalue weighted by molar-refractivity contribution is 5.95. The Balaban J connectivity index is 1.26. The van der Waals surface area contributed by atoms with Crippen LogP contribution in [0.2, 0.25) is 0 Å². The van der Waals surface area contributed by atoms with Gasteiger partial charge >= 0.3 is 0 Å². The predicted octanol–water partition coefficient (Wildman–Crippen LogP) is 3.15. The number of carbonyl (C=O) groups is 1. The summed E-state index contributed by atoms with van der Waals surface area (Å²) in [6.45, 7) is 4.38. The number of ether oxygens (including phenoxy) is 1. The van der Waals surface area contributed by atoms with Gasteiger partial charge in [-0.05, 0) is 36.3 Å². The molecular weight excluding hydrogens is 368 g/mol. The van der Waals surface area contributed by atoms with Gasteiger partial charge in [0.15, 0.2) is 11.7 Å². The highest BCUT2D eigenvalue weighted by Gasteiger charge is 2.40. The fourth-order valence-electron chi connectivity index (χ4n) is 4.15. The lowest BCUT2D eigenvalue weighted by Crippen LogP contribution is -2.48. The maximum atomic E-state index is 12.6. The first kappa shape index (κ1) is 18.3. The van der Waals surface area contributed by atoms with Crippen molar-refractivity contribution < 1.29 is 13.9 Å². The van der Waals surface area contributed by atoms with Crippen LogP contribution in [0, 0.1) is 18.8 Å². The molecule has 1 saturated heterocycles. The Morgan fingerprint density at radius 2 is 2.07 bits per heavy atom. The number of carbonyl (C=O) groups excluding carboxylic acids is 1. The molecule has 7 heteroatoms. The van der Waals surface area contributed by atoms with Gasteiger partial charge in [-0.3, -0.25) is 4.79 Å². The van der Waals surface area contributed by atoms with Crippen molar-refractivity contribution in [2.75, 3.05) is 25.0 Å². The molecule has 0 spiro atoms. The van der Waals surface area contributed by atoms with Gasteiger partial charge in [-0.25, -0.2) is 9.97 Å². The minimum atomic E-state index is 0.0338. The number of anilines is 1. The number of aryl methyl sites for hydroxylation is 1. The minimum absolute atomic E-state index is 0.0338. The van der Waals surface area contributed by atoms with Gasteiger partial charge in [0.25, 0.3) is 0 Å². The molecule has 2 aromatic heterocycles. The van der Waals surface area contributed by atoms with E-state index in [0.717, 1.165) is 54.6 Å². The lowest BCUT2D eigenvalue weighted by atomic mass is 9.71. The molecule has 2 aliphatic rings. The first-order chi connectivity index (χ1) is 14.2. The van der Waals surface area contributed by atoms with E-state index in [1.807, 2.05) is 31.2 Å². The second-order valence-electron chi connectivity index (χ2n) is 7.91. The van der Waals surface area contributed by atoms with Crippen LogP contribution in [0.3, 0.4) is 0 Å². The smallest absolute Gasteiger partial charge is 0.228 e. The number of fused-ring (bicyclic) bond motifs is 1. The topological polar surface area (TPSA) is 89.3 Å². The summed E-state index contributed by atoms with van der Waals surface area (Å²) in [6, 6.07) is 7.92. The maximum Gasteiger partial charge on any atom is 0.228 e. The molecule has 1 unspecified atom stereocenters. The van der Waals surface area contributed by atoms with Crippen LogP contribution in [0.1, 0.15) is 18.7 Å². The predicted molar refractivity (Wildman–Crippen MR) is 109 cm³/mol. The molecule has 1 saturated carbocycles. The van der Waals surface area contributed by atoms with Crippen molar-refractivity contribution in [3.63, 3.8) is 0 Å². The Morgan fingerprint density at radius 1 is 1.17 bits per heavy atom. The van der Waals surface area contributed by atoms with Crippen LogP contribution in [0.15, 0.2) is 41.1 Å². The molecule has 1 atom stereocenters. The summed E-state index contributed by atoms with van der Waals surface area (Å²) in [6.07, 6.45) is 5.50. The molecule has 1 aliphatic heterocycles. The summed E-state index contributed by atoms with van der Waals surface area (Å²) in [7, 11) is 0. The second kappa shape index (κ2) is 7.57. The zero-order valence-corrected chi connectivity index (χ0v) is 16.4. The van der Waals surface area contributed by atoms with Crippen molar-refractivity contribution in [1.82, 2.24) is 15.3 Å². The van der Waals surface area contributed by atoms with E-state index in [2.05, 4.69) is 20.6 Å². The normalized spacial score (nSPS) is 24.2. The summed E-state index contributed by atoms with van der Waals surface area (Å²) in [5.74, 6) is 2.48. The lowest BCUT2D eigenvalue weighted by molar-refractivity contribution is -0.127. The van der Waals surface area contributed by atoms with Crippen LogP contribution in [0.5, 0.6) is 0 Å². The number of rotatable bonds is 4. The van der Waals surface area contributed by atoms with Crippen molar-refractivity contribution in [3.05, 3.63) is 42.5 Å². The van der Waals surface area contributed by atoms with E-state index in [-0.39, 0.29) is 17.9 Å².